The van der Waals surface area contributed by atoms with Crippen molar-refractivity contribution >= 4 is 19.8 Å². The molecule has 98 heavy (non-hydrogen) atoms. The van der Waals surface area contributed by atoms with E-state index in [0.717, 1.165) is 70.6 Å². The van der Waals surface area contributed by atoms with E-state index in [0.29, 0.717) is 23.9 Å². The first-order valence-electron chi connectivity index (χ1n) is 42.3. The maximum atomic E-state index is 12.9. The summed E-state index contributed by atoms with van der Waals surface area (Å²) in [6.45, 7) is 4.37. The number of carbonyl (C=O) groups is 2. The maximum Gasteiger partial charge on any atom is 0.472 e. The van der Waals surface area contributed by atoms with Crippen molar-refractivity contribution in [3.63, 3.8) is 0 Å². The second-order valence-electron chi connectivity index (χ2n) is 29.8. The van der Waals surface area contributed by atoms with Gasteiger partial charge in [0.1, 0.15) is 19.8 Å². The zero-order valence-electron chi connectivity index (χ0n) is 65.5. The van der Waals surface area contributed by atoms with Gasteiger partial charge in [-0.15, -0.1) is 0 Å². The highest BCUT2D eigenvalue weighted by molar-refractivity contribution is 7.47. The van der Waals surface area contributed by atoms with E-state index >= 15 is 0 Å². The third-order valence-corrected chi connectivity index (χ3v) is 19.9. The quantitative estimate of drug-likeness (QED) is 0.0211. The number of carbonyl (C=O) groups excluding carboxylic acids is 2. The molecule has 10 heteroatoms. The van der Waals surface area contributed by atoms with Crippen LogP contribution in [0.25, 0.3) is 0 Å². The SMILES string of the molecule is CC/C=C\C/C=C\C/C=C\C/C=C\C/C=C\CCCCCCCCCCCCCCCCCCCC(=O)OC(COC(=O)CCCCCCCCCCCCCCCCCCCCCCCCCCCCCCC/C=C\C/C=C\CCCCCCC)COP(=O)(O)OCC[N+](C)(C)C. The molecule has 0 aliphatic heterocycles. The van der Waals surface area contributed by atoms with Gasteiger partial charge in [0.15, 0.2) is 6.10 Å². The third kappa shape index (κ3) is 82.1. The fourth-order valence-corrected chi connectivity index (χ4v) is 13.2. The summed E-state index contributed by atoms with van der Waals surface area (Å²) in [6.07, 6.45) is 109. The summed E-state index contributed by atoms with van der Waals surface area (Å²) in [4.78, 5) is 36.0. The lowest BCUT2D eigenvalue weighted by atomic mass is 10.0. The van der Waals surface area contributed by atoms with Crippen LogP contribution in [0.2, 0.25) is 0 Å². The minimum atomic E-state index is -4.40. The number of quaternary nitrogens is 1. The summed E-state index contributed by atoms with van der Waals surface area (Å²) >= 11 is 0. The van der Waals surface area contributed by atoms with Gasteiger partial charge in [-0.3, -0.25) is 18.6 Å². The smallest absolute Gasteiger partial charge is 0.462 e. The molecule has 9 nitrogen and oxygen atoms in total. The Morgan fingerprint density at radius 1 is 0.327 bits per heavy atom. The topological polar surface area (TPSA) is 108 Å². The number of likely N-dealkylation sites (N-methyl/N-ethyl adjacent to an activating group) is 1. The lowest BCUT2D eigenvalue weighted by molar-refractivity contribution is -0.870. The molecule has 0 spiro atoms. The van der Waals surface area contributed by atoms with E-state index in [1.807, 2.05) is 21.1 Å². The van der Waals surface area contributed by atoms with E-state index in [-0.39, 0.29) is 25.6 Å². The first-order chi connectivity index (χ1) is 48.0. The first kappa shape index (κ1) is 95.2. The number of hydrogen-bond donors (Lipinski definition) is 1. The van der Waals surface area contributed by atoms with Crippen LogP contribution in [0.1, 0.15) is 412 Å². The van der Waals surface area contributed by atoms with E-state index in [1.165, 1.54) is 308 Å². The number of hydrogen-bond acceptors (Lipinski definition) is 7. The molecule has 2 unspecified atom stereocenters. The molecule has 0 rings (SSSR count). The number of rotatable bonds is 79. The molecular formula is C88H163NO8P+. The number of esters is 2. The van der Waals surface area contributed by atoms with Gasteiger partial charge in [-0.2, -0.15) is 0 Å². The summed E-state index contributed by atoms with van der Waals surface area (Å²) in [7, 11) is 1.49. The average Bonchev–Trinajstić information content (AvgIpc) is 1.08. The van der Waals surface area contributed by atoms with Gasteiger partial charge >= 0.3 is 19.8 Å². The van der Waals surface area contributed by atoms with Crippen LogP contribution < -0.4 is 0 Å². The van der Waals surface area contributed by atoms with Gasteiger partial charge in [-0.1, -0.05) is 394 Å². The van der Waals surface area contributed by atoms with E-state index in [9.17, 15) is 19.0 Å². The lowest BCUT2D eigenvalue weighted by Crippen LogP contribution is -2.37. The molecule has 0 aliphatic carbocycles. The highest BCUT2D eigenvalue weighted by Gasteiger charge is 2.27. The van der Waals surface area contributed by atoms with E-state index in [4.69, 9.17) is 18.5 Å². The Morgan fingerprint density at radius 3 is 0.867 bits per heavy atom. The van der Waals surface area contributed by atoms with Gasteiger partial charge in [0.2, 0.25) is 0 Å². The monoisotopic (exact) mass is 1390 g/mol. The Kier molecular flexibility index (Phi) is 76.1. The van der Waals surface area contributed by atoms with Crippen molar-refractivity contribution in [1.82, 2.24) is 0 Å². The zero-order valence-corrected chi connectivity index (χ0v) is 66.4. The van der Waals surface area contributed by atoms with Crippen molar-refractivity contribution in [2.24, 2.45) is 0 Å². The van der Waals surface area contributed by atoms with Gasteiger partial charge in [0.05, 0.1) is 27.7 Å². The zero-order chi connectivity index (χ0) is 71.1. The van der Waals surface area contributed by atoms with Crippen LogP contribution in [0.3, 0.4) is 0 Å². The Balaban J connectivity index is 3.88. The van der Waals surface area contributed by atoms with E-state index in [1.54, 1.807) is 0 Å². The van der Waals surface area contributed by atoms with Crippen LogP contribution in [0.4, 0.5) is 0 Å². The third-order valence-electron chi connectivity index (χ3n) is 18.9. The van der Waals surface area contributed by atoms with Crippen LogP contribution in [0.5, 0.6) is 0 Å². The maximum absolute atomic E-state index is 12.9. The minimum Gasteiger partial charge on any atom is -0.462 e. The van der Waals surface area contributed by atoms with Gasteiger partial charge in [0, 0.05) is 12.8 Å². The fourth-order valence-electron chi connectivity index (χ4n) is 12.5. The van der Waals surface area contributed by atoms with Gasteiger partial charge in [0.25, 0.3) is 0 Å². The number of phosphoric ester groups is 1. The molecule has 0 aliphatic rings. The molecule has 0 aromatic rings. The molecular weight excluding hydrogens is 1230 g/mol. The molecule has 572 valence electrons. The summed E-state index contributed by atoms with van der Waals surface area (Å²) in [5.74, 6) is -0.777. The van der Waals surface area contributed by atoms with Crippen molar-refractivity contribution in [3.8, 4) is 0 Å². The van der Waals surface area contributed by atoms with E-state index in [2.05, 4.69) is 98.9 Å². The number of unbranched alkanes of at least 4 members (excludes halogenated alkanes) is 51. The molecule has 1 N–H and O–H groups in total. The predicted molar refractivity (Wildman–Crippen MR) is 427 cm³/mol. The molecule has 0 aromatic heterocycles. The normalized spacial score (nSPS) is 13.4. The molecule has 0 amide bonds. The molecule has 0 heterocycles. The van der Waals surface area contributed by atoms with Crippen molar-refractivity contribution < 1.29 is 42.1 Å². The number of ether oxygens (including phenoxy) is 2. The average molecular weight is 1390 g/mol. The molecule has 0 saturated heterocycles. The summed E-state index contributed by atoms with van der Waals surface area (Å²) in [5, 5.41) is 0. The highest BCUT2D eigenvalue weighted by Crippen LogP contribution is 2.43. The fraction of sp³-hybridized carbons (Fsp3) is 0.818. The molecule has 0 saturated carbocycles. The standard InChI is InChI=1S/C88H162NO8P/c1-6-8-10-12-14-16-18-20-22-24-26-28-30-32-34-36-38-40-41-42-43-44-45-46-47-49-50-52-54-56-58-60-62-64-66-68-70-72-74-76-78-80-87(90)94-84-86(85-96-98(92,93)95-83-82-89(3,4)5)97-88(91)81-79-77-75-73-71-69-67-65-63-61-59-57-55-53-51-48-39-37-35-33-31-29-27-25-23-21-19-17-15-13-11-9-7-2/h9,11,15,17-18,20-21,23-24,26-27,29,33,35,86H,6-8,10,12-14,16,19,22,25,28,30-32,34,36-85H2,1-5H3/p+1/b11-9-,17-15-,20-18-,23-21-,26-24-,29-27-,35-33-. The summed E-state index contributed by atoms with van der Waals surface area (Å²) in [6, 6.07) is 0. The highest BCUT2D eigenvalue weighted by atomic mass is 31.2. The van der Waals surface area contributed by atoms with Gasteiger partial charge in [-0.05, 0) is 89.9 Å². The van der Waals surface area contributed by atoms with Crippen molar-refractivity contribution in [2.45, 2.75) is 418 Å². The van der Waals surface area contributed by atoms with Crippen LogP contribution >= 0.6 is 7.82 Å². The van der Waals surface area contributed by atoms with Crippen LogP contribution in [-0.2, 0) is 32.7 Å². The Bertz CT molecular complexity index is 1930. The van der Waals surface area contributed by atoms with Crippen molar-refractivity contribution in [3.05, 3.63) is 85.1 Å². The Labute approximate surface area is 609 Å². The van der Waals surface area contributed by atoms with Gasteiger partial charge < -0.3 is 18.9 Å². The molecule has 0 bridgehead atoms. The van der Waals surface area contributed by atoms with Crippen LogP contribution in [-0.4, -0.2) is 74.9 Å². The number of allylic oxidation sites excluding steroid dienone is 14. The molecule has 0 radical (unpaired) electrons. The number of phosphoric acid groups is 1. The van der Waals surface area contributed by atoms with Crippen molar-refractivity contribution in [1.29, 1.82) is 0 Å². The lowest BCUT2D eigenvalue weighted by Gasteiger charge is -2.24. The first-order valence-corrected chi connectivity index (χ1v) is 43.8. The Morgan fingerprint density at radius 2 is 0.582 bits per heavy atom. The minimum absolute atomic E-state index is 0.0325. The second kappa shape index (κ2) is 78.3. The Hall–Kier alpha value is -2.81. The molecule has 0 fully saturated rings. The second-order valence-corrected chi connectivity index (χ2v) is 31.3. The van der Waals surface area contributed by atoms with E-state index < -0.39 is 26.5 Å². The molecule has 0 aromatic carbocycles. The van der Waals surface area contributed by atoms with Crippen molar-refractivity contribution in [2.75, 3.05) is 47.5 Å². The van der Waals surface area contributed by atoms with Gasteiger partial charge in [-0.25, -0.2) is 4.57 Å². The van der Waals surface area contributed by atoms with Crippen LogP contribution in [0.15, 0.2) is 85.1 Å². The predicted octanol–water partition coefficient (Wildman–Crippen LogP) is 28.4. The number of nitrogens with zero attached hydrogens (tertiary/aromatic N) is 1. The van der Waals surface area contributed by atoms with Crippen LogP contribution in [0, 0.1) is 0 Å². The summed E-state index contributed by atoms with van der Waals surface area (Å²) in [5.41, 5.74) is 0. The summed E-state index contributed by atoms with van der Waals surface area (Å²) < 4.78 is 34.9. The largest absolute Gasteiger partial charge is 0.472 e. The molecule has 2 atom stereocenters.